The van der Waals surface area contributed by atoms with Crippen LogP contribution in [0.15, 0.2) is 36.7 Å². The molecule has 1 fully saturated rings. The van der Waals surface area contributed by atoms with Crippen LogP contribution in [0.3, 0.4) is 0 Å². The van der Waals surface area contributed by atoms with Gasteiger partial charge in [-0.3, -0.25) is 0 Å². The number of hydrogen-bond donors (Lipinski definition) is 0. The average molecular weight is 408 g/mol. The maximum absolute atomic E-state index is 12.3. The quantitative estimate of drug-likeness (QED) is 0.600. The summed E-state index contributed by atoms with van der Waals surface area (Å²) in [5.41, 5.74) is 2.00. The number of rotatable bonds is 5. The van der Waals surface area contributed by atoms with Crippen molar-refractivity contribution in [2.45, 2.75) is 44.9 Å². The molecule has 3 aromatic rings. The fourth-order valence-electron chi connectivity index (χ4n) is 4.37. The molecule has 156 valence electrons. The van der Waals surface area contributed by atoms with Crippen LogP contribution in [0.2, 0.25) is 0 Å². The lowest BCUT2D eigenvalue weighted by atomic mass is 10.1. The van der Waals surface area contributed by atoms with E-state index in [9.17, 15) is 4.79 Å². The minimum atomic E-state index is -0.419. The van der Waals surface area contributed by atoms with Gasteiger partial charge in [0.15, 0.2) is 17.2 Å². The summed E-state index contributed by atoms with van der Waals surface area (Å²) in [4.78, 5) is 19.5. The highest BCUT2D eigenvalue weighted by Gasteiger charge is 2.40. The number of hydrogen-bond acceptors (Lipinski definition) is 7. The lowest BCUT2D eigenvalue weighted by molar-refractivity contribution is 0.0528. The first-order valence-corrected chi connectivity index (χ1v) is 10.3. The highest BCUT2D eigenvalue weighted by molar-refractivity contribution is 5.96. The van der Waals surface area contributed by atoms with Gasteiger partial charge < -0.3 is 19.1 Å². The molecule has 0 radical (unpaired) electrons. The van der Waals surface area contributed by atoms with Crippen LogP contribution in [0.25, 0.3) is 5.65 Å². The van der Waals surface area contributed by atoms with Crippen LogP contribution >= 0.6 is 0 Å². The summed E-state index contributed by atoms with van der Waals surface area (Å²) < 4.78 is 18.3. The molecule has 0 amide bonds. The van der Waals surface area contributed by atoms with Crippen LogP contribution in [0.1, 0.15) is 42.1 Å². The second-order valence-corrected chi connectivity index (χ2v) is 7.61. The SMILES string of the molecule is CCOC(=O)c1cnn2cc3c(nc12)N(Cc1ccc(OC)cc1)[C@H]1CCC[C@H]1O3. The zero-order chi connectivity index (χ0) is 20.7. The van der Waals surface area contributed by atoms with Gasteiger partial charge in [-0.05, 0) is 43.9 Å². The van der Waals surface area contributed by atoms with E-state index in [4.69, 9.17) is 19.2 Å². The molecule has 5 rings (SSSR count). The van der Waals surface area contributed by atoms with Gasteiger partial charge in [0.25, 0.3) is 0 Å². The molecule has 8 heteroatoms. The maximum atomic E-state index is 12.3. The minimum Gasteiger partial charge on any atom is -0.497 e. The third-order valence-corrected chi connectivity index (χ3v) is 5.82. The number of carbonyl (C=O) groups excluding carboxylic acids is 1. The number of esters is 1. The van der Waals surface area contributed by atoms with E-state index in [0.717, 1.165) is 36.4 Å². The van der Waals surface area contributed by atoms with Crippen molar-refractivity contribution >= 4 is 17.4 Å². The number of nitrogens with zero attached hydrogens (tertiary/aromatic N) is 4. The van der Waals surface area contributed by atoms with Crippen LogP contribution in [-0.2, 0) is 11.3 Å². The molecule has 0 N–H and O–H groups in total. The third-order valence-electron chi connectivity index (χ3n) is 5.82. The van der Waals surface area contributed by atoms with Crippen LogP contribution < -0.4 is 14.4 Å². The van der Waals surface area contributed by atoms with Crippen molar-refractivity contribution in [2.75, 3.05) is 18.6 Å². The summed E-state index contributed by atoms with van der Waals surface area (Å²) in [5.74, 6) is 1.85. The Bertz CT molecular complexity index is 1080. The van der Waals surface area contributed by atoms with Crippen molar-refractivity contribution in [1.82, 2.24) is 14.6 Å². The molecule has 0 spiro atoms. The van der Waals surface area contributed by atoms with Crippen molar-refractivity contribution in [1.29, 1.82) is 0 Å². The standard InChI is InChI=1S/C22H24N4O4/c1-3-29-22(27)16-11-23-26-13-19-21(24-20(16)26)25(17-5-4-6-18(17)30-19)12-14-7-9-15(28-2)10-8-14/h7-11,13,17-18H,3-6,12H2,1-2H3/t17-,18+/m0/s1. The number of carbonyl (C=O) groups is 1. The van der Waals surface area contributed by atoms with E-state index in [2.05, 4.69) is 22.1 Å². The predicted molar refractivity (Wildman–Crippen MR) is 110 cm³/mol. The van der Waals surface area contributed by atoms with Gasteiger partial charge in [-0.15, -0.1) is 0 Å². The van der Waals surface area contributed by atoms with Gasteiger partial charge >= 0.3 is 5.97 Å². The lowest BCUT2D eigenvalue weighted by Gasteiger charge is -2.39. The fraction of sp³-hybridized carbons (Fsp3) is 0.409. The average Bonchev–Trinajstić information content (AvgIpc) is 3.39. The predicted octanol–water partition coefficient (Wildman–Crippen LogP) is 3.23. The number of aromatic nitrogens is 3. The molecular formula is C22H24N4O4. The second-order valence-electron chi connectivity index (χ2n) is 7.61. The summed E-state index contributed by atoms with van der Waals surface area (Å²) in [6, 6.07) is 8.33. The van der Waals surface area contributed by atoms with E-state index in [1.807, 2.05) is 18.3 Å². The zero-order valence-electron chi connectivity index (χ0n) is 17.1. The van der Waals surface area contributed by atoms with Gasteiger partial charge in [0, 0.05) is 6.54 Å². The van der Waals surface area contributed by atoms with Crippen LogP contribution in [0.4, 0.5) is 5.82 Å². The van der Waals surface area contributed by atoms with Gasteiger partial charge in [0.05, 0.1) is 32.2 Å². The van der Waals surface area contributed by atoms with E-state index in [1.165, 1.54) is 6.20 Å². The van der Waals surface area contributed by atoms with Crippen molar-refractivity contribution in [2.24, 2.45) is 0 Å². The molecule has 0 bridgehead atoms. The molecular weight excluding hydrogens is 384 g/mol. The summed E-state index contributed by atoms with van der Waals surface area (Å²) in [6.07, 6.45) is 6.64. The largest absolute Gasteiger partial charge is 0.497 e. The van der Waals surface area contributed by atoms with Gasteiger partial charge in [0.2, 0.25) is 0 Å². The number of anilines is 1. The van der Waals surface area contributed by atoms with E-state index >= 15 is 0 Å². The Morgan fingerprint density at radius 3 is 2.87 bits per heavy atom. The maximum Gasteiger partial charge on any atom is 0.343 e. The first-order valence-electron chi connectivity index (χ1n) is 10.3. The Morgan fingerprint density at radius 1 is 1.27 bits per heavy atom. The second kappa shape index (κ2) is 7.51. The van der Waals surface area contributed by atoms with Gasteiger partial charge in [-0.1, -0.05) is 12.1 Å². The molecule has 2 atom stereocenters. The smallest absolute Gasteiger partial charge is 0.343 e. The van der Waals surface area contributed by atoms with Crippen molar-refractivity contribution in [3.05, 3.63) is 47.8 Å². The molecule has 1 aromatic carbocycles. The molecule has 1 aliphatic carbocycles. The summed E-state index contributed by atoms with van der Waals surface area (Å²) in [7, 11) is 1.66. The molecule has 8 nitrogen and oxygen atoms in total. The third kappa shape index (κ3) is 3.12. The lowest BCUT2D eigenvalue weighted by Crippen LogP contribution is -2.46. The van der Waals surface area contributed by atoms with Gasteiger partial charge in [-0.25, -0.2) is 14.3 Å². The van der Waals surface area contributed by atoms with Crippen molar-refractivity contribution in [3.8, 4) is 11.5 Å². The van der Waals surface area contributed by atoms with E-state index in [0.29, 0.717) is 30.1 Å². The Kier molecular flexibility index (Phi) is 4.69. The summed E-state index contributed by atoms with van der Waals surface area (Å²) >= 11 is 0. The van der Waals surface area contributed by atoms with Crippen LogP contribution in [-0.4, -0.2) is 46.4 Å². The van der Waals surface area contributed by atoms with E-state index in [1.54, 1.807) is 18.5 Å². The summed E-state index contributed by atoms with van der Waals surface area (Å²) in [5, 5.41) is 4.28. The molecule has 30 heavy (non-hydrogen) atoms. The number of benzene rings is 1. The number of methoxy groups -OCH3 is 1. The van der Waals surface area contributed by atoms with Crippen LogP contribution in [0, 0.1) is 0 Å². The van der Waals surface area contributed by atoms with Gasteiger partial charge in [-0.2, -0.15) is 5.10 Å². The van der Waals surface area contributed by atoms with E-state index < -0.39 is 5.97 Å². The molecule has 2 aliphatic rings. The Hall–Kier alpha value is -3.29. The topological polar surface area (TPSA) is 78.2 Å². The Balaban J connectivity index is 1.56. The highest BCUT2D eigenvalue weighted by atomic mass is 16.5. The molecule has 1 saturated carbocycles. The Labute approximate surface area is 174 Å². The normalized spacial score (nSPS) is 19.9. The first kappa shape index (κ1) is 18.7. The minimum absolute atomic E-state index is 0.134. The number of ether oxygens (including phenoxy) is 3. The molecule has 0 unspecified atom stereocenters. The summed E-state index contributed by atoms with van der Waals surface area (Å²) in [6.45, 7) is 2.79. The van der Waals surface area contributed by atoms with Crippen LogP contribution in [0.5, 0.6) is 11.5 Å². The highest BCUT2D eigenvalue weighted by Crippen LogP contribution is 2.41. The van der Waals surface area contributed by atoms with Crippen molar-refractivity contribution < 1.29 is 19.0 Å². The molecule has 2 aromatic heterocycles. The number of fused-ring (bicyclic) bond motifs is 3. The van der Waals surface area contributed by atoms with Crippen molar-refractivity contribution in [3.63, 3.8) is 0 Å². The van der Waals surface area contributed by atoms with E-state index in [-0.39, 0.29) is 12.1 Å². The molecule has 0 saturated heterocycles. The first-order chi connectivity index (χ1) is 14.7. The Morgan fingerprint density at radius 2 is 2.10 bits per heavy atom. The fourth-order valence-corrected chi connectivity index (χ4v) is 4.37. The van der Waals surface area contributed by atoms with Gasteiger partial charge in [0.1, 0.15) is 17.4 Å². The monoisotopic (exact) mass is 408 g/mol. The zero-order valence-corrected chi connectivity index (χ0v) is 17.1. The molecule has 1 aliphatic heterocycles. The molecule has 3 heterocycles.